The third kappa shape index (κ3) is 3.45. The lowest BCUT2D eigenvalue weighted by Crippen LogP contribution is -2.48. The quantitative estimate of drug-likeness (QED) is 0.835. The second kappa shape index (κ2) is 6.34. The molecule has 5 nitrogen and oxygen atoms in total. The molecule has 1 aromatic heterocycles. The average Bonchev–Trinajstić information content (AvgIpc) is 2.42. The van der Waals surface area contributed by atoms with E-state index in [1.54, 1.807) is 6.20 Å². The van der Waals surface area contributed by atoms with Gasteiger partial charge in [-0.2, -0.15) is 0 Å². The van der Waals surface area contributed by atoms with Gasteiger partial charge in [-0.15, -0.1) is 0 Å². The van der Waals surface area contributed by atoms with Gasteiger partial charge in [-0.1, -0.05) is 19.9 Å². The van der Waals surface area contributed by atoms with Crippen molar-refractivity contribution in [3.63, 3.8) is 0 Å². The fourth-order valence-electron chi connectivity index (χ4n) is 1.99. The maximum atomic E-state index is 11.4. The highest BCUT2D eigenvalue weighted by atomic mass is 16.5. The minimum absolute atomic E-state index is 0.158. The first-order chi connectivity index (χ1) is 9.58. The summed E-state index contributed by atoms with van der Waals surface area (Å²) in [5, 5.41) is 4.00. The summed E-state index contributed by atoms with van der Waals surface area (Å²) >= 11 is 0. The van der Waals surface area contributed by atoms with E-state index in [1.807, 2.05) is 44.2 Å². The number of pyridine rings is 1. The number of carbonyl (C=O) groups excluding carboxylic acids is 1. The van der Waals surface area contributed by atoms with Crippen LogP contribution in [-0.4, -0.2) is 29.6 Å². The van der Waals surface area contributed by atoms with Crippen LogP contribution in [0.5, 0.6) is 5.75 Å². The Balaban J connectivity index is 2.13. The van der Waals surface area contributed by atoms with Gasteiger partial charge in [0, 0.05) is 17.6 Å². The number of carbonyl (C=O) groups is 1. The van der Waals surface area contributed by atoms with Crippen molar-refractivity contribution >= 4 is 16.8 Å². The second-order valence-corrected chi connectivity index (χ2v) is 4.91. The van der Waals surface area contributed by atoms with Crippen LogP contribution in [-0.2, 0) is 4.79 Å². The zero-order chi connectivity index (χ0) is 14.5. The summed E-state index contributed by atoms with van der Waals surface area (Å²) in [5.41, 5.74) is 6.23. The highest BCUT2D eigenvalue weighted by Gasteiger charge is 2.17. The Hall–Kier alpha value is -2.14. The predicted molar refractivity (Wildman–Crippen MR) is 78.5 cm³/mol. The molecule has 0 aliphatic carbocycles. The van der Waals surface area contributed by atoms with Crippen molar-refractivity contribution in [2.24, 2.45) is 5.73 Å². The lowest BCUT2D eigenvalue weighted by Gasteiger charge is -2.19. The first-order valence-corrected chi connectivity index (χ1v) is 6.60. The van der Waals surface area contributed by atoms with Crippen LogP contribution in [0.15, 0.2) is 36.5 Å². The summed E-state index contributed by atoms with van der Waals surface area (Å²) in [7, 11) is 0. The Bertz CT molecular complexity index is 593. The molecule has 0 aliphatic heterocycles. The summed E-state index contributed by atoms with van der Waals surface area (Å²) in [6.45, 7) is 4.11. The molecule has 5 heteroatoms. The summed E-state index contributed by atoms with van der Waals surface area (Å²) in [4.78, 5) is 15.7. The number of fused-ring (bicyclic) bond motifs is 1. The maximum Gasteiger partial charge on any atom is 0.238 e. The number of primary amides is 1. The van der Waals surface area contributed by atoms with E-state index in [2.05, 4.69) is 10.3 Å². The largest absolute Gasteiger partial charge is 0.491 e. The van der Waals surface area contributed by atoms with E-state index in [-0.39, 0.29) is 12.6 Å². The van der Waals surface area contributed by atoms with E-state index in [4.69, 9.17) is 10.5 Å². The molecule has 1 heterocycles. The molecule has 1 atom stereocenters. The number of rotatable bonds is 6. The summed E-state index contributed by atoms with van der Waals surface area (Å²) in [5.74, 6) is 0.282. The Labute approximate surface area is 118 Å². The van der Waals surface area contributed by atoms with Crippen LogP contribution in [0.25, 0.3) is 10.9 Å². The Kier molecular flexibility index (Phi) is 4.53. The van der Waals surface area contributed by atoms with Crippen molar-refractivity contribution in [2.75, 3.05) is 6.61 Å². The van der Waals surface area contributed by atoms with Crippen molar-refractivity contribution in [1.82, 2.24) is 10.3 Å². The van der Waals surface area contributed by atoms with Gasteiger partial charge in [0.05, 0.1) is 5.52 Å². The first kappa shape index (κ1) is 14.3. The van der Waals surface area contributed by atoms with Gasteiger partial charge in [0.1, 0.15) is 18.4 Å². The monoisotopic (exact) mass is 273 g/mol. The topological polar surface area (TPSA) is 77.2 Å². The number of aromatic nitrogens is 1. The third-order valence-electron chi connectivity index (χ3n) is 2.89. The van der Waals surface area contributed by atoms with Crippen LogP contribution in [0, 0.1) is 0 Å². The van der Waals surface area contributed by atoms with E-state index in [9.17, 15) is 4.79 Å². The molecule has 0 radical (unpaired) electrons. The van der Waals surface area contributed by atoms with Gasteiger partial charge in [-0.25, -0.2) is 0 Å². The number of nitrogens with zero attached hydrogens (tertiary/aromatic N) is 1. The highest BCUT2D eigenvalue weighted by molar-refractivity contribution is 5.85. The average molecular weight is 273 g/mol. The molecule has 20 heavy (non-hydrogen) atoms. The van der Waals surface area contributed by atoms with Gasteiger partial charge in [-0.05, 0) is 24.3 Å². The number of benzene rings is 1. The molecule has 2 aromatic rings. The van der Waals surface area contributed by atoms with Crippen molar-refractivity contribution < 1.29 is 9.53 Å². The van der Waals surface area contributed by atoms with Crippen LogP contribution in [0.3, 0.4) is 0 Å². The number of hydrogen-bond acceptors (Lipinski definition) is 4. The SMILES string of the molecule is CC(C)NC(COc1cccc2ncccc12)C(N)=O. The zero-order valence-electron chi connectivity index (χ0n) is 11.7. The minimum Gasteiger partial charge on any atom is -0.491 e. The molecular weight excluding hydrogens is 254 g/mol. The number of nitrogens with one attached hydrogen (secondary N) is 1. The van der Waals surface area contributed by atoms with Crippen LogP contribution < -0.4 is 15.8 Å². The fraction of sp³-hybridized carbons (Fsp3) is 0.333. The molecule has 0 saturated heterocycles. The second-order valence-electron chi connectivity index (χ2n) is 4.91. The predicted octanol–water partition coefficient (Wildman–Crippen LogP) is 1.47. The number of nitrogens with two attached hydrogens (primary N) is 1. The van der Waals surface area contributed by atoms with E-state index >= 15 is 0 Å². The first-order valence-electron chi connectivity index (χ1n) is 6.60. The molecule has 0 spiro atoms. The molecule has 106 valence electrons. The van der Waals surface area contributed by atoms with E-state index < -0.39 is 11.9 Å². The Morgan fingerprint density at radius 3 is 2.85 bits per heavy atom. The molecule has 1 aromatic carbocycles. The van der Waals surface area contributed by atoms with E-state index in [0.29, 0.717) is 5.75 Å². The smallest absolute Gasteiger partial charge is 0.238 e. The molecule has 0 bridgehead atoms. The molecule has 1 unspecified atom stereocenters. The van der Waals surface area contributed by atoms with Crippen LogP contribution in [0.4, 0.5) is 0 Å². The lowest BCUT2D eigenvalue weighted by atomic mass is 10.2. The van der Waals surface area contributed by atoms with Crippen molar-refractivity contribution in [1.29, 1.82) is 0 Å². The molecule has 0 aliphatic rings. The van der Waals surface area contributed by atoms with E-state index in [1.165, 1.54) is 0 Å². The fourth-order valence-corrected chi connectivity index (χ4v) is 1.99. The van der Waals surface area contributed by atoms with Crippen molar-refractivity contribution in [3.8, 4) is 5.75 Å². The van der Waals surface area contributed by atoms with Gasteiger partial charge in [-0.3, -0.25) is 9.78 Å². The Morgan fingerprint density at radius 1 is 1.35 bits per heavy atom. The molecule has 3 N–H and O–H groups in total. The van der Waals surface area contributed by atoms with Crippen LogP contribution in [0.2, 0.25) is 0 Å². The van der Waals surface area contributed by atoms with Gasteiger partial charge >= 0.3 is 0 Å². The van der Waals surface area contributed by atoms with Gasteiger partial charge < -0.3 is 15.8 Å². The number of hydrogen-bond donors (Lipinski definition) is 2. The summed E-state index contributed by atoms with van der Waals surface area (Å²) in [6, 6.07) is 9.09. The maximum absolute atomic E-state index is 11.4. The molecule has 2 rings (SSSR count). The minimum atomic E-state index is -0.512. The van der Waals surface area contributed by atoms with Gasteiger partial charge in [0.2, 0.25) is 5.91 Å². The lowest BCUT2D eigenvalue weighted by molar-refractivity contribution is -0.120. The molecule has 0 saturated carbocycles. The van der Waals surface area contributed by atoms with E-state index in [0.717, 1.165) is 10.9 Å². The van der Waals surface area contributed by atoms with Crippen LogP contribution >= 0.6 is 0 Å². The third-order valence-corrected chi connectivity index (χ3v) is 2.89. The molecular formula is C15H19N3O2. The number of ether oxygens (including phenoxy) is 1. The molecule has 1 amide bonds. The van der Waals surface area contributed by atoms with Crippen molar-refractivity contribution in [3.05, 3.63) is 36.5 Å². The Morgan fingerprint density at radius 2 is 2.15 bits per heavy atom. The summed E-state index contributed by atoms with van der Waals surface area (Å²) in [6.07, 6.45) is 1.73. The number of amides is 1. The highest BCUT2D eigenvalue weighted by Crippen LogP contribution is 2.23. The zero-order valence-corrected chi connectivity index (χ0v) is 11.7. The van der Waals surface area contributed by atoms with Gasteiger partial charge in [0.15, 0.2) is 0 Å². The van der Waals surface area contributed by atoms with Gasteiger partial charge in [0.25, 0.3) is 0 Å². The molecule has 0 fully saturated rings. The summed E-state index contributed by atoms with van der Waals surface area (Å²) < 4.78 is 5.74. The van der Waals surface area contributed by atoms with Crippen molar-refractivity contribution in [2.45, 2.75) is 25.9 Å². The standard InChI is InChI=1S/C15H19N3O2/c1-10(2)18-13(15(16)19)9-20-14-7-3-6-12-11(14)5-4-8-17-12/h3-8,10,13,18H,9H2,1-2H3,(H2,16,19). The normalized spacial score (nSPS) is 12.6. The van der Waals surface area contributed by atoms with Crippen LogP contribution in [0.1, 0.15) is 13.8 Å².